The number of fused-ring (bicyclic) bond motifs is 2. The molecule has 1 fully saturated rings. The molecule has 0 amide bonds. The van der Waals surface area contributed by atoms with Crippen LogP contribution in [0.2, 0.25) is 0 Å². The molecule has 0 aromatic heterocycles. The number of epoxide rings is 1. The lowest BCUT2D eigenvalue weighted by molar-refractivity contribution is -0.158. The summed E-state index contributed by atoms with van der Waals surface area (Å²) < 4.78 is 26.5. The van der Waals surface area contributed by atoms with Gasteiger partial charge in [0, 0.05) is 18.6 Å². The van der Waals surface area contributed by atoms with Crippen LogP contribution in [0.3, 0.4) is 0 Å². The number of ether oxygens (including phenoxy) is 5. The van der Waals surface area contributed by atoms with Gasteiger partial charge in [0.05, 0.1) is 49.7 Å². The van der Waals surface area contributed by atoms with Crippen LogP contribution in [0.5, 0.6) is 0 Å². The maximum Gasteiger partial charge on any atom is 0.311 e. The Balaban J connectivity index is 1.38. The second-order valence-electron chi connectivity index (χ2n) is 13.2. The first-order valence-electron chi connectivity index (χ1n) is 17.5. The Morgan fingerprint density at radius 1 is 0.922 bits per heavy atom. The number of aliphatic hydroxyl groups is 1. The zero-order valence-corrected chi connectivity index (χ0v) is 29.8. The van der Waals surface area contributed by atoms with Crippen molar-refractivity contribution in [3.63, 3.8) is 0 Å². The highest BCUT2D eigenvalue weighted by Crippen LogP contribution is 2.36. The van der Waals surface area contributed by atoms with Gasteiger partial charge >= 0.3 is 23.9 Å². The van der Waals surface area contributed by atoms with E-state index in [1.807, 2.05) is 55.5 Å². The lowest BCUT2D eigenvalue weighted by Crippen LogP contribution is -2.36. The molecule has 4 rings (SSSR count). The van der Waals surface area contributed by atoms with E-state index in [4.69, 9.17) is 28.5 Å². The number of benzene rings is 3. The van der Waals surface area contributed by atoms with Crippen molar-refractivity contribution >= 4 is 51.6 Å². The fourth-order valence-corrected chi connectivity index (χ4v) is 6.05. The first-order valence-corrected chi connectivity index (χ1v) is 17.5. The number of rotatable bonds is 21. The molecular formula is C39H49NO11. The van der Waals surface area contributed by atoms with Gasteiger partial charge in [-0.1, -0.05) is 67.5 Å². The molecule has 0 spiro atoms. The van der Waals surface area contributed by atoms with Crippen LogP contribution in [0, 0.1) is 23.2 Å². The quantitative estimate of drug-likeness (QED) is 0.0288. The van der Waals surface area contributed by atoms with Crippen LogP contribution in [-0.2, 0) is 47.7 Å². The highest BCUT2D eigenvalue weighted by Gasteiger charge is 2.41. The van der Waals surface area contributed by atoms with E-state index in [9.17, 15) is 24.3 Å². The summed E-state index contributed by atoms with van der Waals surface area (Å²) in [7, 11) is 1.28. The Kier molecular flexibility index (Phi) is 14.7. The van der Waals surface area contributed by atoms with Gasteiger partial charge in [0.1, 0.15) is 19.3 Å². The fraction of sp³-hybridized carbons (Fsp3) is 0.513. The molecule has 0 bridgehead atoms. The van der Waals surface area contributed by atoms with Crippen molar-refractivity contribution in [2.75, 3.05) is 46.8 Å². The third-order valence-corrected chi connectivity index (χ3v) is 9.28. The van der Waals surface area contributed by atoms with Gasteiger partial charge in [-0.3, -0.25) is 19.2 Å². The number of oxime groups is 1. The first-order chi connectivity index (χ1) is 24.6. The van der Waals surface area contributed by atoms with E-state index in [0.717, 1.165) is 27.1 Å². The molecule has 12 heteroatoms. The Labute approximate surface area is 298 Å². The highest BCUT2D eigenvalue weighted by atomic mass is 16.6. The van der Waals surface area contributed by atoms with Gasteiger partial charge in [-0.2, -0.15) is 0 Å². The summed E-state index contributed by atoms with van der Waals surface area (Å²) >= 11 is 0. The maximum absolute atomic E-state index is 13.3. The van der Waals surface area contributed by atoms with Crippen molar-refractivity contribution in [3.05, 3.63) is 60.2 Å². The largest absolute Gasteiger partial charge is 0.469 e. The van der Waals surface area contributed by atoms with E-state index >= 15 is 0 Å². The molecule has 1 saturated heterocycles. The number of hydrogen-bond donors (Lipinski definition) is 1. The normalized spacial score (nSPS) is 16.9. The number of hydrogen-bond acceptors (Lipinski definition) is 12. The second-order valence-corrected chi connectivity index (χ2v) is 13.2. The van der Waals surface area contributed by atoms with Gasteiger partial charge in [0.15, 0.2) is 6.61 Å². The number of carbonyl (C=O) groups excluding carboxylic acids is 4. The Morgan fingerprint density at radius 3 is 2.16 bits per heavy atom. The molecule has 12 nitrogen and oxygen atoms in total. The molecule has 1 aliphatic rings. The molecule has 3 aromatic carbocycles. The summed E-state index contributed by atoms with van der Waals surface area (Å²) in [5, 5.41) is 17.6. The fourth-order valence-electron chi connectivity index (χ4n) is 6.05. The monoisotopic (exact) mass is 707 g/mol. The Bertz CT molecular complexity index is 1620. The van der Waals surface area contributed by atoms with Crippen molar-refractivity contribution in [2.24, 2.45) is 28.3 Å². The third-order valence-electron chi connectivity index (χ3n) is 9.28. The molecule has 5 atom stereocenters. The number of methoxy groups -OCH3 is 1. The van der Waals surface area contributed by atoms with Crippen molar-refractivity contribution in [2.45, 2.75) is 59.0 Å². The molecule has 3 aromatic rings. The van der Waals surface area contributed by atoms with E-state index in [1.54, 1.807) is 20.1 Å². The summed E-state index contributed by atoms with van der Waals surface area (Å²) in [6, 6.07) is 18.2. The van der Waals surface area contributed by atoms with Crippen molar-refractivity contribution in [1.82, 2.24) is 0 Å². The third kappa shape index (κ3) is 11.2. The minimum absolute atomic E-state index is 0.00599. The maximum atomic E-state index is 13.3. The molecule has 5 unspecified atom stereocenters. The molecular weight excluding hydrogens is 658 g/mol. The smallest absolute Gasteiger partial charge is 0.311 e. The Morgan fingerprint density at radius 2 is 1.55 bits per heavy atom. The van der Waals surface area contributed by atoms with Crippen LogP contribution in [-0.4, -0.2) is 88.1 Å². The van der Waals surface area contributed by atoms with Crippen LogP contribution < -0.4 is 0 Å². The lowest BCUT2D eigenvalue weighted by atomic mass is 9.75. The topological polar surface area (TPSA) is 160 Å². The molecule has 276 valence electrons. The van der Waals surface area contributed by atoms with Crippen LogP contribution >= 0.6 is 0 Å². The number of carbonyl (C=O) groups is 4. The minimum atomic E-state index is -1.02. The zero-order chi connectivity index (χ0) is 36.8. The van der Waals surface area contributed by atoms with Gasteiger partial charge in [-0.15, -0.1) is 0 Å². The zero-order valence-electron chi connectivity index (χ0n) is 29.8. The predicted octanol–water partition coefficient (Wildman–Crippen LogP) is 5.38. The summed E-state index contributed by atoms with van der Waals surface area (Å²) in [6.07, 6.45) is 2.15. The van der Waals surface area contributed by atoms with Gasteiger partial charge in [0.25, 0.3) is 0 Å². The van der Waals surface area contributed by atoms with Crippen LogP contribution in [0.4, 0.5) is 0 Å². The van der Waals surface area contributed by atoms with Crippen LogP contribution in [0.15, 0.2) is 59.8 Å². The molecule has 1 N–H and O–H groups in total. The lowest BCUT2D eigenvalue weighted by Gasteiger charge is -2.30. The van der Waals surface area contributed by atoms with Gasteiger partial charge in [-0.25, -0.2) is 0 Å². The van der Waals surface area contributed by atoms with Crippen molar-refractivity contribution < 1.29 is 52.8 Å². The number of aliphatic hydroxyl groups excluding tert-OH is 1. The average Bonchev–Trinajstić information content (AvgIpc) is 3.98. The molecule has 0 saturated carbocycles. The number of esters is 4. The minimum Gasteiger partial charge on any atom is -0.469 e. The standard InChI is InChI=1S/C39H49NO11/c1-5-39(3,38(45)46-4)22-30(37(44)50-25-31-24-49-31)21-29(36(43)47-16-10-15-41)19-26(2)35(42)48-17-18-51-40-23-34-32-13-8-6-11-27(32)20-28-12-7-9-14-33(28)34/h6-9,11-14,20,23,26,29-31,41H,5,10,15-19,21-22,24-25H2,1-4H3. The van der Waals surface area contributed by atoms with Crippen LogP contribution in [0.25, 0.3) is 21.5 Å². The highest BCUT2D eigenvalue weighted by molar-refractivity contribution is 6.13. The summed E-state index contributed by atoms with van der Waals surface area (Å²) in [6.45, 7) is 5.44. The van der Waals surface area contributed by atoms with E-state index in [-0.39, 0.29) is 64.8 Å². The van der Waals surface area contributed by atoms with Gasteiger partial charge < -0.3 is 33.6 Å². The van der Waals surface area contributed by atoms with E-state index in [1.165, 1.54) is 7.11 Å². The first kappa shape index (κ1) is 39.2. The van der Waals surface area contributed by atoms with E-state index in [2.05, 4.69) is 11.2 Å². The predicted molar refractivity (Wildman–Crippen MR) is 190 cm³/mol. The average molecular weight is 708 g/mol. The molecule has 0 aliphatic carbocycles. The number of nitrogens with zero attached hydrogens (tertiary/aromatic N) is 1. The van der Waals surface area contributed by atoms with Gasteiger partial charge in [0.2, 0.25) is 0 Å². The molecule has 1 aliphatic heterocycles. The summed E-state index contributed by atoms with van der Waals surface area (Å²) in [5.41, 5.74) is -0.103. The molecule has 51 heavy (non-hydrogen) atoms. The second kappa shape index (κ2) is 19.2. The molecule has 1 heterocycles. The summed E-state index contributed by atoms with van der Waals surface area (Å²) in [4.78, 5) is 57.8. The van der Waals surface area contributed by atoms with E-state index in [0.29, 0.717) is 13.0 Å². The van der Waals surface area contributed by atoms with Gasteiger partial charge in [-0.05, 0) is 60.2 Å². The van der Waals surface area contributed by atoms with Crippen molar-refractivity contribution in [1.29, 1.82) is 0 Å². The Hall–Kier alpha value is -4.55. The van der Waals surface area contributed by atoms with Crippen LogP contribution in [0.1, 0.15) is 58.4 Å². The SMILES string of the molecule is CCC(C)(CC(CC(CC(C)C(=O)OCCON=Cc1c2ccccc2cc2ccccc12)C(=O)OCCCO)C(=O)OCC1CO1)C(=O)OC. The molecule has 0 radical (unpaired) electrons. The summed E-state index contributed by atoms with van der Waals surface area (Å²) in [5.74, 6) is -4.78. The van der Waals surface area contributed by atoms with Crippen molar-refractivity contribution in [3.8, 4) is 0 Å². The van der Waals surface area contributed by atoms with E-state index < -0.39 is 47.0 Å².